The number of benzene rings is 2. The van der Waals surface area contributed by atoms with Crippen LogP contribution in [0.5, 0.6) is 11.5 Å². The van der Waals surface area contributed by atoms with E-state index < -0.39 is 0 Å². The van der Waals surface area contributed by atoms with Gasteiger partial charge in [0.25, 0.3) is 0 Å². The molecule has 7 heteroatoms. The van der Waals surface area contributed by atoms with Crippen molar-refractivity contribution in [3.8, 4) is 11.5 Å². The summed E-state index contributed by atoms with van der Waals surface area (Å²) in [5, 5.41) is 5.66. The maximum atomic E-state index is 12.1. The number of nitrogens with one attached hydrogen (secondary N) is 2. The Morgan fingerprint density at radius 3 is 2.48 bits per heavy atom. The van der Waals surface area contributed by atoms with Crippen LogP contribution in [0.25, 0.3) is 0 Å². The lowest BCUT2D eigenvalue weighted by Gasteiger charge is -2.16. The standard InChI is InChI=1S/C20H23N3O4/c1-14-3-6-16(7-4-14)22-20(25)12-23(2)11-19(24)21-10-15-5-8-17-18(9-15)27-13-26-17/h3-9H,10-13H2,1-2H3,(H,21,24)(H,22,25). The Kier molecular flexibility index (Phi) is 5.93. The van der Waals surface area contributed by atoms with E-state index in [0.717, 1.165) is 16.8 Å². The SMILES string of the molecule is Cc1ccc(NC(=O)CN(C)CC(=O)NCc2ccc3c(c2)OCO3)cc1. The van der Waals surface area contributed by atoms with Crippen LogP contribution in [0.1, 0.15) is 11.1 Å². The number of nitrogens with zero attached hydrogens (tertiary/aromatic N) is 1. The fourth-order valence-electron chi connectivity index (χ4n) is 2.69. The van der Waals surface area contributed by atoms with Gasteiger partial charge in [-0.05, 0) is 43.8 Å². The smallest absolute Gasteiger partial charge is 0.238 e. The number of aryl methyl sites for hydroxylation is 1. The van der Waals surface area contributed by atoms with Gasteiger partial charge in [0.15, 0.2) is 11.5 Å². The van der Waals surface area contributed by atoms with Crippen LogP contribution in [0.2, 0.25) is 0 Å². The average Bonchev–Trinajstić information content (AvgIpc) is 3.09. The zero-order valence-corrected chi connectivity index (χ0v) is 15.5. The maximum Gasteiger partial charge on any atom is 0.238 e. The highest BCUT2D eigenvalue weighted by Gasteiger charge is 2.14. The minimum Gasteiger partial charge on any atom is -0.454 e. The van der Waals surface area contributed by atoms with E-state index in [1.54, 1.807) is 11.9 Å². The lowest BCUT2D eigenvalue weighted by atomic mass is 10.2. The van der Waals surface area contributed by atoms with Crippen molar-refractivity contribution in [2.75, 3.05) is 32.2 Å². The highest BCUT2D eigenvalue weighted by Crippen LogP contribution is 2.32. The van der Waals surface area contributed by atoms with E-state index in [0.29, 0.717) is 18.0 Å². The Balaban J connectivity index is 1.40. The number of hydrogen-bond donors (Lipinski definition) is 2. The summed E-state index contributed by atoms with van der Waals surface area (Å²) in [6, 6.07) is 13.1. The quantitative estimate of drug-likeness (QED) is 0.779. The molecule has 3 rings (SSSR count). The summed E-state index contributed by atoms with van der Waals surface area (Å²) in [5.74, 6) is 1.08. The highest BCUT2D eigenvalue weighted by molar-refractivity contribution is 5.92. The molecule has 0 saturated heterocycles. The minimum atomic E-state index is -0.162. The maximum absolute atomic E-state index is 12.1. The Bertz CT molecular complexity index is 820. The van der Waals surface area contributed by atoms with E-state index in [9.17, 15) is 9.59 Å². The molecule has 2 aromatic rings. The van der Waals surface area contributed by atoms with Crippen molar-refractivity contribution >= 4 is 17.5 Å². The minimum absolute atomic E-state index is 0.130. The van der Waals surface area contributed by atoms with Gasteiger partial charge in [0.2, 0.25) is 18.6 Å². The van der Waals surface area contributed by atoms with E-state index in [2.05, 4.69) is 10.6 Å². The largest absolute Gasteiger partial charge is 0.454 e. The van der Waals surface area contributed by atoms with Crippen molar-refractivity contribution in [3.05, 3.63) is 53.6 Å². The molecule has 0 aromatic heterocycles. The van der Waals surface area contributed by atoms with Gasteiger partial charge in [-0.2, -0.15) is 0 Å². The molecule has 1 heterocycles. The Morgan fingerprint density at radius 1 is 1.00 bits per heavy atom. The van der Waals surface area contributed by atoms with Gasteiger partial charge in [-0.15, -0.1) is 0 Å². The second-order valence-electron chi connectivity index (χ2n) is 6.55. The molecule has 0 fully saturated rings. The average molecular weight is 369 g/mol. The number of anilines is 1. The third kappa shape index (κ3) is 5.46. The van der Waals surface area contributed by atoms with Crippen molar-refractivity contribution in [3.63, 3.8) is 0 Å². The topological polar surface area (TPSA) is 79.9 Å². The molecule has 0 atom stereocenters. The fraction of sp³-hybridized carbons (Fsp3) is 0.300. The molecule has 142 valence electrons. The second kappa shape index (κ2) is 8.55. The van der Waals surface area contributed by atoms with E-state index in [1.165, 1.54) is 0 Å². The summed E-state index contributed by atoms with van der Waals surface area (Å²) in [6.07, 6.45) is 0. The summed E-state index contributed by atoms with van der Waals surface area (Å²) in [7, 11) is 1.73. The number of carbonyl (C=O) groups is 2. The molecule has 0 radical (unpaired) electrons. The van der Waals surface area contributed by atoms with Gasteiger partial charge >= 0.3 is 0 Å². The van der Waals surface area contributed by atoms with E-state index in [4.69, 9.17) is 9.47 Å². The predicted molar refractivity (Wildman–Crippen MR) is 102 cm³/mol. The molecule has 1 aliphatic heterocycles. The number of fused-ring (bicyclic) bond motifs is 1. The predicted octanol–water partition coefficient (Wildman–Crippen LogP) is 1.91. The first-order chi connectivity index (χ1) is 13.0. The number of amides is 2. The van der Waals surface area contributed by atoms with Crippen LogP contribution >= 0.6 is 0 Å². The molecule has 0 bridgehead atoms. The molecular weight excluding hydrogens is 346 g/mol. The summed E-state index contributed by atoms with van der Waals surface area (Å²) in [6.45, 7) is 2.86. The van der Waals surface area contributed by atoms with Crippen molar-refractivity contribution in [2.24, 2.45) is 0 Å². The number of rotatable bonds is 7. The fourth-order valence-corrected chi connectivity index (χ4v) is 2.69. The van der Waals surface area contributed by atoms with Crippen LogP contribution in [0.4, 0.5) is 5.69 Å². The molecule has 27 heavy (non-hydrogen) atoms. The normalized spacial score (nSPS) is 12.1. The van der Waals surface area contributed by atoms with Crippen molar-refractivity contribution in [2.45, 2.75) is 13.5 Å². The first-order valence-electron chi connectivity index (χ1n) is 8.70. The van der Waals surface area contributed by atoms with Gasteiger partial charge in [-0.3, -0.25) is 14.5 Å². The van der Waals surface area contributed by atoms with Crippen molar-refractivity contribution in [1.82, 2.24) is 10.2 Å². The van der Waals surface area contributed by atoms with Crippen LogP contribution in [0.3, 0.4) is 0 Å². The van der Waals surface area contributed by atoms with Gasteiger partial charge in [0.1, 0.15) is 0 Å². The molecule has 7 nitrogen and oxygen atoms in total. The molecule has 0 unspecified atom stereocenters. The first kappa shape index (κ1) is 18.7. The van der Waals surface area contributed by atoms with Crippen molar-refractivity contribution in [1.29, 1.82) is 0 Å². The van der Waals surface area contributed by atoms with Gasteiger partial charge in [-0.1, -0.05) is 23.8 Å². The van der Waals surface area contributed by atoms with Crippen LogP contribution in [-0.4, -0.2) is 43.6 Å². The number of carbonyl (C=O) groups excluding carboxylic acids is 2. The van der Waals surface area contributed by atoms with Gasteiger partial charge in [0.05, 0.1) is 13.1 Å². The second-order valence-corrected chi connectivity index (χ2v) is 6.55. The first-order valence-corrected chi connectivity index (χ1v) is 8.70. The summed E-state index contributed by atoms with van der Waals surface area (Å²) < 4.78 is 10.6. The number of likely N-dealkylation sites (N-methyl/N-ethyl adjacent to an activating group) is 1. The van der Waals surface area contributed by atoms with Crippen LogP contribution in [0, 0.1) is 6.92 Å². The summed E-state index contributed by atoms with van der Waals surface area (Å²) in [5.41, 5.74) is 2.79. The summed E-state index contributed by atoms with van der Waals surface area (Å²) in [4.78, 5) is 25.8. The van der Waals surface area contributed by atoms with E-state index in [-0.39, 0.29) is 31.7 Å². The van der Waals surface area contributed by atoms with Gasteiger partial charge in [0, 0.05) is 12.2 Å². The highest BCUT2D eigenvalue weighted by atomic mass is 16.7. The molecule has 1 aliphatic rings. The molecular formula is C20H23N3O4. The zero-order valence-electron chi connectivity index (χ0n) is 15.5. The third-order valence-corrected chi connectivity index (χ3v) is 4.09. The lowest BCUT2D eigenvalue weighted by molar-refractivity contribution is -0.123. The van der Waals surface area contributed by atoms with Crippen molar-refractivity contribution < 1.29 is 19.1 Å². The Hall–Kier alpha value is -3.06. The lowest BCUT2D eigenvalue weighted by Crippen LogP contribution is -2.38. The molecule has 2 N–H and O–H groups in total. The van der Waals surface area contributed by atoms with Crippen LogP contribution in [0.15, 0.2) is 42.5 Å². The Labute approximate surface area is 158 Å². The van der Waals surface area contributed by atoms with Crippen LogP contribution < -0.4 is 20.1 Å². The molecule has 0 saturated carbocycles. The third-order valence-electron chi connectivity index (χ3n) is 4.09. The Morgan fingerprint density at radius 2 is 1.70 bits per heavy atom. The molecule has 2 aromatic carbocycles. The van der Waals surface area contributed by atoms with Crippen LogP contribution in [-0.2, 0) is 16.1 Å². The van der Waals surface area contributed by atoms with Gasteiger partial charge in [-0.25, -0.2) is 0 Å². The van der Waals surface area contributed by atoms with E-state index in [1.807, 2.05) is 49.4 Å². The number of ether oxygens (including phenoxy) is 2. The number of hydrogen-bond acceptors (Lipinski definition) is 5. The molecule has 0 aliphatic carbocycles. The monoisotopic (exact) mass is 369 g/mol. The molecule has 2 amide bonds. The zero-order chi connectivity index (χ0) is 19.2. The van der Waals surface area contributed by atoms with E-state index >= 15 is 0 Å². The van der Waals surface area contributed by atoms with Gasteiger partial charge < -0.3 is 20.1 Å². The summed E-state index contributed by atoms with van der Waals surface area (Å²) >= 11 is 0. The molecule has 0 spiro atoms.